The van der Waals surface area contributed by atoms with E-state index in [0.29, 0.717) is 6.79 Å². The minimum atomic E-state index is 0.290. The molecular weight excluding hydrogens is 318 g/mol. The van der Waals surface area contributed by atoms with Crippen molar-refractivity contribution in [3.8, 4) is 34.3 Å². The molecule has 0 saturated carbocycles. The summed E-state index contributed by atoms with van der Waals surface area (Å²) >= 11 is 0. The third-order valence-electron chi connectivity index (χ3n) is 5.01. The monoisotopic (exact) mass is 336 g/mol. The summed E-state index contributed by atoms with van der Waals surface area (Å²) in [5.41, 5.74) is 4.79. The molecule has 25 heavy (non-hydrogen) atoms. The van der Waals surface area contributed by atoms with Gasteiger partial charge in [-0.15, -0.1) is 0 Å². The molecule has 126 valence electrons. The van der Waals surface area contributed by atoms with Crippen LogP contribution < -0.4 is 23.5 Å². The third-order valence-corrected chi connectivity index (χ3v) is 5.01. The summed E-state index contributed by atoms with van der Waals surface area (Å²) < 4.78 is 24.3. The Kier molecular flexibility index (Phi) is 3.04. The largest absolute Gasteiger partial charge is 0.493 e. The van der Waals surface area contributed by atoms with Crippen LogP contribution in [0.5, 0.6) is 23.0 Å². The molecule has 2 aliphatic heterocycles. The first-order valence-corrected chi connectivity index (χ1v) is 8.30. The minimum Gasteiger partial charge on any atom is -0.493 e. The quantitative estimate of drug-likeness (QED) is 0.674. The Balaban J connectivity index is 1.75. The number of rotatable bonds is 2. The number of benzene rings is 2. The fourth-order valence-corrected chi connectivity index (χ4v) is 3.78. The lowest BCUT2D eigenvalue weighted by molar-refractivity contribution is -0.661. The van der Waals surface area contributed by atoms with E-state index >= 15 is 0 Å². The van der Waals surface area contributed by atoms with Crippen LogP contribution in [0.25, 0.3) is 22.2 Å². The Morgan fingerprint density at radius 3 is 2.48 bits per heavy atom. The molecule has 0 radical (unpaired) electrons. The molecule has 5 nitrogen and oxygen atoms in total. The van der Waals surface area contributed by atoms with Crippen molar-refractivity contribution >= 4 is 10.9 Å². The van der Waals surface area contributed by atoms with E-state index in [1.54, 1.807) is 14.2 Å². The number of hydrogen-bond acceptors (Lipinski definition) is 4. The summed E-state index contributed by atoms with van der Waals surface area (Å²) in [4.78, 5) is 0. The topological polar surface area (TPSA) is 40.8 Å². The predicted octanol–water partition coefficient (Wildman–Crippen LogP) is 3.10. The molecule has 5 heteroatoms. The van der Waals surface area contributed by atoms with Gasteiger partial charge in [-0.05, 0) is 29.8 Å². The highest BCUT2D eigenvalue weighted by atomic mass is 16.7. The molecule has 1 aromatic heterocycles. The van der Waals surface area contributed by atoms with Crippen molar-refractivity contribution in [1.82, 2.24) is 0 Å². The number of nitrogens with zero attached hydrogens (tertiary/aromatic N) is 1. The summed E-state index contributed by atoms with van der Waals surface area (Å²) in [6.45, 7) is 1.20. The SMILES string of the molecule is COc1cc2c(cc1OC)-c1ccc3cc4c(cc3[n+]1CC2)OCO4. The fourth-order valence-electron chi connectivity index (χ4n) is 3.78. The summed E-state index contributed by atoms with van der Waals surface area (Å²) in [5, 5.41) is 1.15. The number of aromatic nitrogens is 1. The molecule has 0 aliphatic carbocycles. The van der Waals surface area contributed by atoms with E-state index in [1.165, 1.54) is 16.8 Å². The standard InChI is InChI=1S/C20H18NO4/c1-22-17-7-12-5-6-21-15(14(12)9-18(17)23-2)4-3-13-8-19-20(10-16(13)21)25-11-24-19/h3-4,7-10H,5-6,11H2,1-2H3/q+1. The molecule has 0 fully saturated rings. The normalized spacial score (nSPS) is 14.2. The second-order valence-corrected chi connectivity index (χ2v) is 6.25. The van der Waals surface area contributed by atoms with Gasteiger partial charge in [-0.2, -0.15) is 4.57 Å². The number of ether oxygens (including phenoxy) is 4. The van der Waals surface area contributed by atoms with E-state index < -0.39 is 0 Å². The number of aryl methyl sites for hydroxylation is 2. The average molecular weight is 336 g/mol. The molecular formula is C20H18NO4+. The van der Waals surface area contributed by atoms with E-state index in [1.807, 2.05) is 0 Å². The van der Waals surface area contributed by atoms with Gasteiger partial charge in [0.1, 0.15) is 0 Å². The molecule has 0 unspecified atom stereocenters. The maximum Gasteiger partial charge on any atom is 0.231 e. The number of methoxy groups -OCH3 is 2. The van der Waals surface area contributed by atoms with Crippen molar-refractivity contribution in [2.45, 2.75) is 13.0 Å². The maximum atomic E-state index is 5.56. The van der Waals surface area contributed by atoms with E-state index in [2.05, 4.69) is 41.0 Å². The number of hydrogen-bond donors (Lipinski definition) is 0. The van der Waals surface area contributed by atoms with E-state index in [9.17, 15) is 0 Å². The highest BCUT2D eigenvalue weighted by Gasteiger charge is 2.28. The minimum absolute atomic E-state index is 0.290. The Morgan fingerprint density at radius 2 is 1.68 bits per heavy atom. The molecule has 0 saturated heterocycles. The van der Waals surface area contributed by atoms with E-state index in [-0.39, 0.29) is 0 Å². The summed E-state index contributed by atoms with van der Waals surface area (Å²) in [6.07, 6.45) is 0.945. The summed E-state index contributed by atoms with van der Waals surface area (Å²) in [6, 6.07) is 12.6. The highest BCUT2D eigenvalue weighted by molar-refractivity contribution is 5.82. The van der Waals surface area contributed by atoms with Gasteiger partial charge in [0.2, 0.25) is 18.0 Å². The van der Waals surface area contributed by atoms with Crippen molar-refractivity contribution in [1.29, 1.82) is 0 Å². The van der Waals surface area contributed by atoms with Gasteiger partial charge in [0.15, 0.2) is 29.5 Å². The van der Waals surface area contributed by atoms with Crippen molar-refractivity contribution in [3.63, 3.8) is 0 Å². The van der Waals surface area contributed by atoms with Crippen LogP contribution in [0.4, 0.5) is 0 Å². The van der Waals surface area contributed by atoms with Crippen LogP contribution in [-0.2, 0) is 13.0 Å². The average Bonchev–Trinajstić information content (AvgIpc) is 3.11. The van der Waals surface area contributed by atoms with Crippen molar-refractivity contribution in [3.05, 3.63) is 42.0 Å². The zero-order chi connectivity index (χ0) is 17.0. The second-order valence-electron chi connectivity index (χ2n) is 6.25. The lowest BCUT2D eigenvalue weighted by Crippen LogP contribution is -2.41. The Labute approximate surface area is 145 Å². The van der Waals surface area contributed by atoms with Crippen molar-refractivity contribution in [2.75, 3.05) is 21.0 Å². The van der Waals surface area contributed by atoms with Crippen molar-refractivity contribution in [2.24, 2.45) is 0 Å². The molecule has 2 aliphatic rings. The first kappa shape index (κ1) is 14.4. The van der Waals surface area contributed by atoms with Gasteiger partial charge in [0, 0.05) is 12.5 Å². The molecule has 0 amide bonds. The molecule has 0 spiro atoms. The number of fused-ring (bicyclic) bond motifs is 6. The zero-order valence-corrected chi connectivity index (χ0v) is 14.2. The molecule has 0 atom stereocenters. The van der Waals surface area contributed by atoms with Gasteiger partial charge < -0.3 is 18.9 Å². The van der Waals surface area contributed by atoms with Crippen LogP contribution in [0.1, 0.15) is 5.56 Å². The molecule has 3 aromatic rings. The van der Waals surface area contributed by atoms with Gasteiger partial charge in [0.25, 0.3) is 0 Å². The maximum absolute atomic E-state index is 5.56. The number of pyridine rings is 1. The molecule has 0 N–H and O–H groups in total. The van der Waals surface area contributed by atoms with Gasteiger partial charge in [0.05, 0.1) is 31.2 Å². The van der Waals surface area contributed by atoms with Crippen LogP contribution in [0.3, 0.4) is 0 Å². The van der Waals surface area contributed by atoms with E-state index in [4.69, 9.17) is 18.9 Å². The van der Waals surface area contributed by atoms with Gasteiger partial charge >= 0.3 is 0 Å². The third kappa shape index (κ3) is 2.05. The second kappa shape index (κ2) is 5.28. The Hall–Kier alpha value is -2.95. The predicted molar refractivity (Wildman–Crippen MR) is 92.5 cm³/mol. The van der Waals surface area contributed by atoms with Crippen LogP contribution in [-0.4, -0.2) is 21.0 Å². The molecule has 5 rings (SSSR count). The van der Waals surface area contributed by atoms with Crippen LogP contribution in [0, 0.1) is 0 Å². The summed E-state index contributed by atoms with van der Waals surface area (Å²) in [5.74, 6) is 3.15. The van der Waals surface area contributed by atoms with Crippen LogP contribution in [0.2, 0.25) is 0 Å². The zero-order valence-electron chi connectivity index (χ0n) is 14.2. The molecule has 2 aromatic carbocycles. The summed E-state index contributed by atoms with van der Waals surface area (Å²) in [7, 11) is 3.34. The first-order valence-electron chi connectivity index (χ1n) is 8.30. The smallest absolute Gasteiger partial charge is 0.231 e. The van der Waals surface area contributed by atoms with Gasteiger partial charge in [-0.25, -0.2) is 0 Å². The lowest BCUT2D eigenvalue weighted by Gasteiger charge is -2.18. The Morgan fingerprint density at radius 1 is 0.920 bits per heavy atom. The van der Waals surface area contributed by atoms with E-state index in [0.717, 1.165) is 46.9 Å². The fraction of sp³-hybridized carbons (Fsp3) is 0.250. The molecule has 0 bridgehead atoms. The highest BCUT2D eigenvalue weighted by Crippen LogP contribution is 2.39. The van der Waals surface area contributed by atoms with Gasteiger partial charge in [-0.1, -0.05) is 0 Å². The Bertz CT molecular complexity index is 1010. The first-order chi connectivity index (χ1) is 12.3. The van der Waals surface area contributed by atoms with Gasteiger partial charge in [-0.3, -0.25) is 0 Å². The molecule has 3 heterocycles. The van der Waals surface area contributed by atoms with Crippen LogP contribution >= 0.6 is 0 Å². The lowest BCUT2D eigenvalue weighted by atomic mass is 9.95. The van der Waals surface area contributed by atoms with Crippen LogP contribution in [0.15, 0.2) is 36.4 Å². The van der Waals surface area contributed by atoms with Crippen molar-refractivity contribution < 1.29 is 23.5 Å².